The van der Waals surface area contributed by atoms with Gasteiger partial charge >= 0.3 is 0 Å². The summed E-state index contributed by atoms with van der Waals surface area (Å²) >= 11 is 5.45. The predicted molar refractivity (Wildman–Crippen MR) is 140 cm³/mol. The second-order valence-electron chi connectivity index (χ2n) is 7.76. The molecular formula is C28H16S3. The summed E-state index contributed by atoms with van der Waals surface area (Å²) in [6, 6.07) is 29.4. The van der Waals surface area contributed by atoms with Crippen LogP contribution in [0.5, 0.6) is 0 Å². The Hall–Kier alpha value is -2.98. The van der Waals surface area contributed by atoms with E-state index < -0.39 is 0 Å². The maximum atomic E-state index is 2.40. The number of thiophene rings is 3. The molecule has 0 aliphatic carbocycles. The van der Waals surface area contributed by atoms with Gasteiger partial charge in [-0.25, -0.2) is 0 Å². The second-order valence-corrected chi connectivity index (χ2v) is 10.6. The van der Waals surface area contributed by atoms with Gasteiger partial charge in [0.25, 0.3) is 0 Å². The molecule has 3 heteroatoms. The van der Waals surface area contributed by atoms with E-state index in [1.54, 1.807) is 0 Å². The Morgan fingerprint density at radius 3 is 1.45 bits per heavy atom. The molecule has 0 fully saturated rings. The van der Waals surface area contributed by atoms with Crippen molar-refractivity contribution >= 4 is 66.3 Å². The van der Waals surface area contributed by atoms with Crippen LogP contribution in [0.3, 0.4) is 0 Å². The van der Waals surface area contributed by atoms with E-state index in [0.29, 0.717) is 0 Å². The average molecular weight is 449 g/mol. The normalized spacial score (nSPS) is 11.9. The van der Waals surface area contributed by atoms with Gasteiger partial charge in [-0.3, -0.25) is 0 Å². The molecule has 0 nitrogen and oxygen atoms in total. The van der Waals surface area contributed by atoms with Gasteiger partial charge in [-0.2, -0.15) is 0 Å². The van der Waals surface area contributed by atoms with E-state index in [2.05, 4.69) is 95.0 Å². The highest BCUT2D eigenvalue weighted by Gasteiger charge is 2.18. The van der Waals surface area contributed by atoms with Crippen LogP contribution < -0.4 is 0 Å². The summed E-state index contributed by atoms with van der Waals surface area (Å²) in [5, 5.41) is 14.6. The fourth-order valence-electron chi connectivity index (χ4n) is 4.82. The lowest BCUT2D eigenvalue weighted by Gasteiger charge is -2.18. The Morgan fingerprint density at radius 1 is 0.419 bits per heavy atom. The van der Waals surface area contributed by atoms with Crippen molar-refractivity contribution in [3.63, 3.8) is 0 Å². The van der Waals surface area contributed by atoms with Crippen LogP contribution in [0, 0.1) is 0 Å². The van der Waals surface area contributed by atoms with Crippen LogP contribution in [0.1, 0.15) is 0 Å². The van der Waals surface area contributed by atoms with E-state index in [9.17, 15) is 0 Å². The molecule has 0 aliphatic heterocycles. The molecule has 0 amide bonds. The number of rotatable bonds is 3. The van der Waals surface area contributed by atoms with Crippen molar-refractivity contribution < 1.29 is 0 Å². The molecule has 7 aromatic rings. The van der Waals surface area contributed by atoms with E-state index in [0.717, 1.165) is 0 Å². The first-order chi connectivity index (χ1) is 15.4. The fraction of sp³-hybridized carbons (Fsp3) is 0. The Bertz CT molecular complexity index is 1600. The smallest absolute Gasteiger partial charge is 0.0349 e. The van der Waals surface area contributed by atoms with E-state index in [4.69, 9.17) is 0 Å². The van der Waals surface area contributed by atoms with Gasteiger partial charge in [-0.1, -0.05) is 54.6 Å². The van der Waals surface area contributed by atoms with Crippen LogP contribution in [-0.4, -0.2) is 0 Å². The Morgan fingerprint density at radius 2 is 0.903 bits per heavy atom. The number of hydrogen-bond donors (Lipinski definition) is 0. The monoisotopic (exact) mass is 448 g/mol. The molecule has 0 atom stereocenters. The molecule has 0 spiro atoms. The van der Waals surface area contributed by atoms with Gasteiger partial charge < -0.3 is 0 Å². The van der Waals surface area contributed by atoms with E-state index in [1.807, 2.05) is 34.0 Å². The van der Waals surface area contributed by atoms with Gasteiger partial charge in [0.2, 0.25) is 0 Å². The highest BCUT2D eigenvalue weighted by Crippen LogP contribution is 2.47. The van der Waals surface area contributed by atoms with E-state index in [1.165, 1.54) is 63.6 Å². The number of hydrogen-bond acceptors (Lipinski definition) is 3. The summed E-state index contributed by atoms with van der Waals surface area (Å²) in [4.78, 5) is 3.98. The van der Waals surface area contributed by atoms with Crippen molar-refractivity contribution in [1.82, 2.24) is 0 Å². The van der Waals surface area contributed by atoms with Crippen LogP contribution in [-0.2, 0) is 0 Å². The molecule has 0 unspecified atom stereocenters. The first kappa shape index (κ1) is 17.7. The molecule has 146 valence electrons. The quantitative estimate of drug-likeness (QED) is 0.236. The zero-order valence-corrected chi connectivity index (χ0v) is 18.9. The molecule has 3 aromatic heterocycles. The molecule has 0 N–H and O–H groups in total. The van der Waals surface area contributed by atoms with Crippen molar-refractivity contribution in [2.75, 3.05) is 0 Å². The Labute approximate surface area is 192 Å². The van der Waals surface area contributed by atoms with Crippen molar-refractivity contribution in [3.8, 4) is 31.3 Å². The molecule has 0 saturated heterocycles. The molecule has 31 heavy (non-hydrogen) atoms. The van der Waals surface area contributed by atoms with Crippen LogP contribution in [0.15, 0.2) is 95.0 Å². The van der Waals surface area contributed by atoms with Gasteiger partial charge in [-0.05, 0) is 78.3 Å². The molecule has 7 rings (SSSR count). The topological polar surface area (TPSA) is 0 Å². The maximum absolute atomic E-state index is 2.40. The number of benzene rings is 4. The summed E-state index contributed by atoms with van der Waals surface area (Å²) in [7, 11) is 0. The van der Waals surface area contributed by atoms with Gasteiger partial charge in [0.1, 0.15) is 0 Å². The van der Waals surface area contributed by atoms with Crippen molar-refractivity contribution in [2.45, 2.75) is 0 Å². The van der Waals surface area contributed by atoms with Crippen molar-refractivity contribution in [1.29, 1.82) is 0 Å². The lowest BCUT2D eigenvalue weighted by Crippen LogP contribution is -1.90. The Balaban J connectivity index is 1.70. The third-order valence-electron chi connectivity index (χ3n) is 6.14. The third-order valence-corrected chi connectivity index (χ3v) is 8.85. The summed E-state index contributed by atoms with van der Waals surface area (Å²) < 4.78 is 0. The summed E-state index contributed by atoms with van der Waals surface area (Å²) in [6.07, 6.45) is 0. The van der Waals surface area contributed by atoms with Gasteiger partial charge in [0.05, 0.1) is 0 Å². The molecule has 3 heterocycles. The average Bonchev–Trinajstić information content (AvgIpc) is 3.60. The largest absolute Gasteiger partial charge is 0.144 e. The molecule has 0 bridgehead atoms. The van der Waals surface area contributed by atoms with Crippen LogP contribution >= 0.6 is 34.0 Å². The molecule has 0 saturated carbocycles. The minimum absolute atomic E-state index is 1.31. The van der Waals surface area contributed by atoms with E-state index >= 15 is 0 Å². The lowest BCUT2D eigenvalue weighted by molar-refractivity contribution is 1.75. The second kappa shape index (κ2) is 6.76. The molecule has 0 radical (unpaired) electrons. The van der Waals surface area contributed by atoms with Crippen LogP contribution in [0.25, 0.3) is 63.6 Å². The minimum Gasteiger partial charge on any atom is -0.144 e. The van der Waals surface area contributed by atoms with Crippen molar-refractivity contribution in [3.05, 3.63) is 95.0 Å². The summed E-state index contributed by atoms with van der Waals surface area (Å²) in [6.45, 7) is 0. The summed E-state index contributed by atoms with van der Waals surface area (Å²) in [5.74, 6) is 0. The van der Waals surface area contributed by atoms with Gasteiger partial charge in [-0.15, -0.1) is 34.0 Å². The van der Waals surface area contributed by atoms with Crippen LogP contribution in [0.4, 0.5) is 0 Å². The maximum Gasteiger partial charge on any atom is 0.0349 e. The zero-order chi connectivity index (χ0) is 20.4. The highest BCUT2D eigenvalue weighted by molar-refractivity contribution is 7.14. The predicted octanol–water partition coefficient (Wildman–Crippen LogP) is 9.77. The molecule has 4 aromatic carbocycles. The fourth-order valence-corrected chi connectivity index (χ4v) is 7.09. The SMILES string of the molecule is c1csc(-c2ccc3ccc4c(-c5cccs5)cc(-c5cccs5)c5ccc2c3c45)c1. The zero-order valence-electron chi connectivity index (χ0n) is 16.5. The molecular weight excluding hydrogens is 433 g/mol. The summed E-state index contributed by atoms with van der Waals surface area (Å²) in [5.41, 5.74) is 4.00. The van der Waals surface area contributed by atoms with Crippen LogP contribution in [0.2, 0.25) is 0 Å². The van der Waals surface area contributed by atoms with Crippen molar-refractivity contribution in [2.24, 2.45) is 0 Å². The highest BCUT2D eigenvalue weighted by atomic mass is 32.1. The first-order valence-corrected chi connectivity index (χ1v) is 12.9. The first-order valence-electron chi connectivity index (χ1n) is 10.2. The minimum atomic E-state index is 1.31. The molecule has 0 aliphatic rings. The third kappa shape index (κ3) is 2.58. The standard InChI is InChI=1S/C28H16S3/c1-4-24(29-13-1)18-9-7-17-8-10-20-22(25-5-2-14-30-25)16-23(26-6-3-15-31-26)21-12-11-19(18)27(17)28(20)21/h1-16H. The van der Waals surface area contributed by atoms with Gasteiger partial charge in [0, 0.05) is 25.8 Å². The lowest BCUT2D eigenvalue weighted by atomic mass is 9.87. The Kier molecular flexibility index (Phi) is 3.85. The van der Waals surface area contributed by atoms with E-state index in [-0.39, 0.29) is 0 Å². The van der Waals surface area contributed by atoms with Gasteiger partial charge in [0.15, 0.2) is 0 Å².